The van der Waals surface area contributed by atoms with Crippen molar-refractivity contribution in [2.75, 3.05) is 39.8 Å². The van der Waals surface area contributed by atoms with Crippen molar-refractivity contribution in [3.8, 4) is 0 Å². The van der Waals surface area contributed by atoms with E-state index in [1.807, 2.05) is 18.2 Å². The number of carbonyl (C=O) groups is 1. The van der Waals surface area contributed by atoms with Gasteiger partial charge in [0.25, 0.3) is 0 Å². The van der Waals surface area contributed by atoms with Gasteiger partial charge >= 0.3 is 0 Å². The highest BCUT2D eigenvalue weighted by Crippen LogP contribution is 2.00. The normalized spacial score (nSPS) is 12.2. The first-order chi connectivity index (χ1) is 13.1. The highest BCUT2D eigenvalue weighted by molar-refractivity contribution is 14.0. The predicted molar refractivity (Wildman–Crippen MR) is 130 cm³/mol. The third kappa shape index (κ3) is 12.2. The number of nitrogens with one attached hydrogen (secondary N) is 3. The zero-order valence-corrected chi connectivity index (χ0v) is 20.2. The second-order valence-electron chi connectivity index (χ2n) is 6.73. The van der Waals surface area contributed by atoms with E-state index in [-0.39, 0.29) is 36.4 Å². The Morgan fingerprint density at radius 2 is 1.82 bits per heavy atom. The predicted octanol–water partition coefficient (Wildman–Crippen LogP) is 2.64. The number of hydrogen-bond donors (Lipinski definition) is 3. The maximum Gasteiger partial charge on any atom is 0.239 e. The highest BCUT2D eigenvalue weighted by atomic mass is 127. The van der Waals surface area contributed by atoms with Crippen LogP contribution >= 0.6 is 24.0 Å². The van der Waals surface area contributed by atoms with Gasteiger partial charge in [0.15, 0.2) is 5.96 Å². The van der Waals surface area contributed by atoms with Gasteiger partial charge < -0.3 is 20.9 Å². The number of benzene rings is 1. The number of amides is 1. The fourth-order valence-corrected chi connectivity index (χ4v) is 2.88. The Kier molecular flexibility index (Phi) is 15.8. The number of hydrogen-bond acceptors (Lipinski definition) is 3. The zero-order chi connectivity index (χ0) is 19.9. The molecule has 0 spiro atoms. The molecule has 0 saturated carbocycles. The summed E-state index contributed by atoms with van der Waals surface area (Å²) in [4.78, 5) is 18.6. The van der Waals surface area contributed by atoms with Crippen LogP contribution in [0.2, 0.25) is 0 Å². The van der Waals surface area contributed by atoms with Crippen LogP contribution in [-0.2, 0) is 11.2 Å². The van der Waals surface area contributed by atoms with E-state index in [2.05, 4.69) is 58.7 Å². The van der Waals surface area contributed by atoms with E-state index in [1.54, 1.807) is 7.05 Å². The van der Waals surface area contributed by atoms with E-state index >= 15 is 0 Å². The average Bonchev–Trinajstić information content (AvgIpc) is 2.69. The second kappa shape index (κ2) is 16.6. The van der Waals surface area contributed by atoms with Gasteiger partial charge in [-0.3, -0.25) is 9.79 Å². The fourth-order valence-electron chi connectivity index (χ4n) is 2.88. The lowest BCUT2D eigenvalue weighted by molar-refractivity contribution is -0.119. The van der Waals surface area contributed by atoms with Crippen molar-refractivity contribution in [3.63, 3.8) is 0 Å². The Morgan fingerprint density at radius 1 is 1.14 bits per heavy atom. The van der Waals surface area contributed by atoms with Crippen LogP contribution in [0.15, 0.2) is 35.3 Å². The quantitative estimate of drug-likeness (QED) is 0.233. The van der Waals surface area contributed by atoms with Gasteiger partial charge in [-0.05, 0) is 51.4 Å². The van der Waals surface area contributed by atoms with Crippen molar-refractivity contribution in [3.05, 3.63) is 35.9 Å². The molecule has 0 radical (unpaired) electrons. The lowest BCUT2D eigenvalue weighted by atomic mass is 10.1. The first kappa shape index (κ1) is 26.6. The van der Waals surface area contributed by atoms with E-state index in [0.29, 0.717) is 18.5 Å². The number of halogens is 1. The molecule has 1 aromatic rings. The van der Waals surface area contributed by atoms with Crippen LogP contribution in [0.25, 0.3) is 0 Å². The molecule has 0 aromatic heterocycles. The molecule has 1 atom stereocenters. The summed E-state index contributed by atoms with van der Waals surface area (Å²) in [5.74, 6) is 0.645. The van der Waals surface area contributed by atoms with Crippen molar-refractivity contribution >= 4 is 35.8 Å². The third-order valence-corrected chi connectivity index (χ3v) is 4.61. The van der Waals surface area contributed by atoms with Gasteiger partial charge in [0.1, 0.15) is 0 Å². The first-order valence-electron chi connectivity index (χ1n) is 10.1. The Labute approximate surface area is 188 Å². The lowest BCUT2D eigenvalue weighted by Gasteiger charge is -2.21. The van der Waals surface area contributed by atoms with Gasteiger partial charge in [-0.2, -0.15) is 0 Å². The Bertz CT molecular complexity index is 549. The Hall–Kier alpha value is -1.35. The minimum Gasteiger partial charge on any atom is -0.354 e. The minimum absolute atomic E-state index is 0. The van der Waals surface area contributed by atoms with Crippen molar-refractivity contribution < 1.29 is 4.79 Å². The summed E-state index contributed by atoms with van der Waals surface area (Å²) in [6, 6.07) is 10.5. The first-order valence-corrected chi connectivity index (χ1v) is 10.1. The summed E-state index contributed by atoms with van der Waals surface area (Å²) in [7, 11) is 1.73. The van der Waals surface area contributed by atoms with E-state index in [0.717, 1.165) is 38.9 Å². The molecule has 3 N–H and O–H groups in total. The number of aliphatic imine (C=N–C) groups is 1. The molecule has 28 heavy (non-hydrogen) atoms. The van der Waals surface area contributed by atoms with Gasteiger partial charge in [-0.1, -0.05) is 44.2 Å². The smallest absolute Gasteiger partial charge is 0.239 e. The third-order valence-electron chi connectivity index (χ3n) is 4.61. The molecule has 1 rings (SSSR count). The summed E-state index contributed by atoms with van der Waals surface area (Å²) in [6.45, 7) is 10.7. The molecule has 1 aromatic carbocycles. The van der Waals surface area contributed by atoms with Crippen LogP contribution in [0.3, 0.4) is 0 Å². The molecule has 160 valence electrons. The molecule has 0 aliphatic carbocycles. The van der Waals surface area contributed by atoms with Crippen molar-refractivity contribution in [2.45, 2.75) is 46.1 Å². The van der Waals surface area contributed by atoms with Crippen molar-refractivity contribution in [1.82, 2.24) is 20.9 Å². The van der Waals surface area contributed by atoms with Crippen molar-refractivity contribution in [2.24, 2.45) is 4.99 Å². The molecule has 1 unspecified atom stereocenters. The molecular weight excluding hydrogens is 465 g/mol. The Morgan fingerprint density at radius 3 is 2.43 bits per heavy atom. The number of carbonyl (C=O) groups excluding carboxylic acids is 1. The average molecular weight is 503 g/mol. The molecule has 7 heteroatoms. The van der Waals surface area contributed by atoms with Crippen LogP contribution in [0.4, 0.5) is 0 Å². The maximum absolute atomic E-state index is 12.0. The molecule has 0 saturated heterocycles. The number of nitrogens with zero attached hydrogens (tertiary/aromatic N) is 2. The summed E-state index contributed by atoms with van der Waals surface area (Å²) >= 11 is 0. The van der Waals surface area contributed by atoms with Crippen LogP contribution in [0, 0.1) is 0 Å². The molecule has 0 aliphatic heterocycles. The number of guanidine groups is 1. The Balaban J connectivity index is 0.00000729. The molecule has 6 nitrogen and oxygen atoms in total. The van der Waals surface area contributed by atoms with E-state index in [9.17, 15) is 4.79 Å². The monoisotopic (exact) mass is 503 g/mol. The topological polar surface area (TPSA) is 68.8 Å². The maximum atomic E-state index is 12.0. The summed E-state index contributed by atoms with van der Waals surface area (Å²) < 4.78 is 0. The standard InChI is InChI=1S/C21H37N5O.HI/c1-5-26(6-2)16-10-11-18(3)25-21(22-4)24-17-20(27)23-15-14-19-12-8-7-9-13-19;/h7-9,12-13,18H,5-6,10-11,14-17H2,1-4H3,(H,23,27)(H2,22,24,25);1H. The van der Waals surface area contributed by atoms with E-state index in [1.165, 1.54) is 5.56 Å². The van der Waals surface area contributed by atoms with Crippen LogP contribution in [-0.4, -0.2) is 62.6 Å². The SMILES string of the molecule is CCN(CC)CCCC(C)NC(=NC)NCC(=O)NCCc1ccccc1.I. The lowest BCUT2D eigenvalue weighted by Crippen LogP contribution is -2.46. The van der Waals surface area contributed by atoms with E-state index in [4.69, 9.17) is 0 Å². The van der Waals surface area contributed by atoms with Gasteiger partial charge in [-0.15, -0.1) is 24.0 Å². The summed E-state index contributed by atoms with van der Waals surface area (Å²) in [5.41, 5.74) is 1.22. The number of rotatable bonds is 12. The molecule has 1 amide bonds. The fraction of sp³-hybridized carbons (Fsp3) is 0.619. The molecular formula is C21H38IN5O. The molecule has 0 heterocycles. The van der Waals surface area contributed by atoms with E-state index < -0.39 is 0 Å². The van der Waals surface area contributed by atoms with Gasteiger partial charge in [0.2, 0.25) is 5.91 Å². The van der Waals surface area contributed by atoms with Crippen LogP contribution in [0.1, 0.15) is 39.2 Å². The van der Waals surface area contributed by atoms with Crippen molar-refractivity contribution in [1.29, 1.82) is 0 Å². The van der Waals surface area contributed by atoms with Crippen LogP contribution < -0.4 is 16.0 Å². The largest absolute Gasteiger partial charge is 0.354 e. The van der Waals surface area contributed by atoms with Gasteiger partial charge in [0.05, 0.1) is 6.54 Å². The second-order valence-corrected chi connectivity index (χ2v) is 6.73. The highest BCUT2D eigenvalue weighted by Gasteiger charge is 2.08. The summed E-state index contributed by atoms with van der Waals surface area (Å²) in [6.07, 6.45) is 3.05. The molecule has 0 bridgehead atoms. The molecule has 0 fully saturated rings. The summed E-state index contributed by atoms with van der Waals surface area (Å²) in [5, 5.41) is 9.37. The van der Waals surface area contributed by atoms with Crippen LogP contribution in [0.5, 0.6) is 0 Å². The zero-order valence-electron chi connectivity index (χ0n) is 17.8. The molecule has 0 aliphatic rings. The minimum atomic E-state index is -0.0249. The van der Waals surface area contributed by atoms with Gasteiger partial charge in [-0.25, -0.2) is 0 Å². The van der Waals surface area contributed by atoms with Gasteiger partial charge in [0, 0.05) is 19.6 Å².